The van der Waals surface area contributed by atoms with E-state index in [1.54, 1.807) is 19.2 Å². The van der Waals surface area contributed by atoms with E-state index in [2.05, 4.69) is 0 Å². The number of anilines is 1. The van der Waals surface area contributed by atoms with Gasteiger partial charge in [0.25, 0.3) is 0 Å². The highest BCUT2D eigenvalue weighted by atomic mass is 16.4. The highest BCUT2D eigenvalue weighted by molar-refractivity contribution is 5.96. The van der Waals surface area contributed by atoms with Crippen LogP contribution in [0.4, 0.5) is 5.69 Å². The van der Waals surface area contributed by atoms with E-state index in [1.165, 1.54) is 17.0 Å². The van der Waals surface area contributed by atoms with Gasteiger partial charge < -0.3 is 10.0 Å². The lowest BCUT2D eigenvalue weighted by Crippen LogP contribution is -2.32. The van der Waals surface area contributed by atoms with E-state index in [4.69, 9.17) is 10.4 Å². The summed E-state index contributed by atoms with van der Waals surface area (Å²) >= 11 is 0. The largest absolute Gasteiger partial charge is 0.478 e. The SMILES string of the molecule is CCCC(C#N)C(=O)N(C)c1ccc(C(=O)O)cc1. The van der Waals surface area contributed by atoms with Gasteiger partial charge in [0.15, 0.2) is 0 Å². The average molecular weight is 260 g/mol. The van der Waals surface area contributed by atoms with Crippen LogP contribution >= 0.6 is 0 Å². The smallest absolute Gasteiger partial charge is 0.335 e. The quantitative estimate of drug-likeness (QED) is 0.880. The molecule has 0 aromatic heterocycles. The van der Waals surface area contributed by atoms with Gasteiger partial charge in [-0.15, -0.1) is 0 Å². The molecular formula is C14H16N2O3. The molecule has 1 amide bonds. The maximum absolute atomic E-state index is 12.1. The summed E-state index contributed by atoms with van der Waals surface area (Å²) in [5.41, 5.74) is 0.737. The third-order valence-electron chi connectivity index (χ3n) is 2.86. The Labute approximate surface area is 112 Å². The zero-order valence-electron chi connectivity index (χ0n) is 11.0. The van der Waals surface area contributed by atoms with E-state index < -0.39 is 11.9 Å². The van der Waals surface area contributed by atoms with Gasteiger partial charge in [-0.05, 0) is 30.7 Å². The molecule has 1 rings (SSSR count). The second kappa shape index (κ2) is 6.55. The first kappa shape index (κ1) is 14.7. The summed E-state index contributed by atoms with van der Waals surface area (Å²) in [4.78, 5) is 24.2. The molecule has 0 radical (unpaired) electrons. The van der Waals surface area contributed by atoms with Gasteiger partial charge >= 0.3 is 5.97 Å². The highest BCUT2D eigenvalue weighted by Crippen LogP contribution is 2.18. The van der Waals surface area contributed by atoms with Gasteiger partial charge in [0.2, 0.25) is 5.91 Å². The van der Waals surface area contributed by atoms with Crippen LogP contribution in [0.3, 0.4) is 0 Å². The summed E-state index contributed by atoms with van der Waals surface area (Å²) in [5, 5.41) is 17.8. The van der Waals surface area contributed by atoms with Gasteiger partial charge in [-0.2, -0.15) is 5.26 Å². The zero-order valence-corrected chi connectivity index (χ0v) is 11.0. The van der Waals surface area contributed by atoms with Crippen LogP contribution in [0.25, 0.3) is 0 Å². The number of carbonyl (C=O) groups excluding carboxylic acids is 1. The molecule has 100 valence electrons. The van der Waals surface area contributed by atoms with Crippen molar-refractivity contribution in [3.05, 3.63) is 29.8 Å². The van der Waals surface area contributed by atoms with Crippen LogP contribution in [0, 0.1) is 17.2 Å². The number of nitrogens with zero attached hydrogens (tertiary/aromatic N) is 2. The van der Waals surface area contributed by atoms with Crippen molar-refractivity contribution in [2.24, 2.45) is 5.92 Å². The number of aromatic carboxylic acids is 1. The molecule has 0 fully saturated rings. The molecule has 1 atom stereocenters. The topological polar surface area (TPSA) is 81.4 Å². The fourth-order valence-corrected chi connectivity index (χ4v) is 1.72. The number of nitriles is 1. The fourth-order valence-electron chi connectivity index (χ4n) is 1.72. The minimum Gasteiger partial charge on any atom is -0.478 e. The van der Waals surface area contributed by atoms with Crippen LogP contribution in [-0.4, -0.2) is 24.0 Å². The van der Waals surface area contributed by atoms with Crippen LogP contribution < -0.4 is 4.90 Å². The molecule has 1 aromatic carbocycles. The number of rotatable bonds is 5. The summed E-state index contributed by atoms with van der Waals surface area (Å²) < 4.78 is 0. The Morgan fingerprint density at radius 3 is 2.37 bits per heavy atom. The van der Waals surface area contributed by atoms with E-state index in [0.29, 0.717) is 12.1 Å². The van der Waals surface area contributed by atoms with Crippen molar-refractivity contribution in [3.63, 3.8) is 0 Å². The Balaban J connectivity index is 2.87. The lowest BCUT2D eigenvalue weighted by atomic mass is 10.0. The lowest BCUT2D eigenvalue weighted by Gasteiger charge is -2.20. The highest BCUT2D eigenvalue weighted by Gasteiger charge is 2.21. The Bertz CT molecular complexity index is 502. The van der Waals surface area contributed by atoms with E-state index in [-0.39, 0.29) is 11.5 Å². The first-order valence-corrected chi connectivity index (χ1v) is 6.01. The van der Waals surface area contributed by atoms with Crippen LogP contribution in [0.1, 0.15) is 30.1 Å². The Morgan fingerprint density at radius 1 is 1.37 bits per heavy atom. The van der Waals surface area contributed by atoms with E-state index >= 15 is 0 Å². The number of benzene rings is 1. The van der Waals surface area contributed by atoms with Crippen molar-refractivity contribution in [2.75, 3.05) is 11.9 Å². The van der Waals surface area contributed by atoms with Gasteiger partial charge in [-0.25, -0.2) is 4.79 Å². The third-order valence-corrected chi connectivity index (χ3v) is 2.86. The molecule has 0 heterocycles. The predicted octanol–water partition coefficient (Wildman–Crippen LogP) is 2.29. The van der Waals surface area contributed by atoms with Gasteiger partial charge in [0.05, 0.1) is 11.6 Å². The van der Waals surface area contributed by atoms with Crippen molar-refractivity contribution < 1.29 is 14.7 Å². The number of hydrogen-bond acceptors (Lipinski definition) is 3. The lowest BCUT2D eigenvalue weighted by molar-refractivity contribution is -0.120. The fraction of sp³-hybridized carbons (Fsp3) is 0.357. The average Bonchev–Trinajstić information content (AvgIpc) is 2.43. The van der Waals surface area contributed by atoms with Crippen LogP contribution in [0.15, 0.2) is 24.3 Å². The summed E-state index contributed by atoms with van der Waals surface area (Å²) in [6.45, 7) is 1.92. The molecule has 0 aliphatic carbocycles. The van der Waals surface area contributed by atoms with Gasteiger partial charge in [-0.1, -0.05) is 13.3 Å². The molecule has 5 heteroatoms. The first-order valence-electron chi connectivity index (χ1n) is 6.01. The maximum Gasteiger partial charge on any atom is 0.335 e. The number of hydrogen-bond donors (Lipinski definition) is 1. The van der Waals surface area contributed by atoms with Gasteiger partial charge in [0.1, 0.15) is 5.92 Å². The summed E-state index contributed by atoms with van der Waals surface area (Å²) in [7, 11) is 1.58. The molecule has 0 saturated carbocycles. The van der Waals surface area contributed by atoms with Crippen molar-refractivity contribution in [1.82, 2.24) is 0 Å². The first-order chi connectivity index (χ1) is 9.01. The number of carboxylic acid groups (broad SMARTS) is 1. The minimum absolute atomic E-state index is 0.162. The monoisotopic (exact) mass is 260 g/mol. The Kier molecular flexibility index (Phi) is 5.07. The standard InChI is InChI=1S/C14H16N2O3/c1-3-4-11(9-15)13(17)16(2)12-7-5-10(6-8-12)14(18)19/h5-8,11H,3-4H2,1-2H3,(H,18,19). The van der Waals surface area contributed by atoms with Crippen molar-refractivity contribution in [1.29, 1.82) is 5.26 Å². The normalized spacial score (nSPS) is 11.4. The minimum atomic E-state index is -1.01. The van der Waals surface area contributed by atoms with E-state index in [1.807, 2.05) is 13.0 Å². The molecule has 19 heavy (non-hydrogen) atoms. The molecule has 0 bridgehead atoms. The van der Waals surface area contributed by atoms with Crippen LogP contribution in [-0.2, 0) is 4.79 Å². The van der Waals surface area contributed by atoms with Gasteiger partial charge in [-0.3, -0.25) is 4.79 Å². The summed E-state index contributed by atoms with van der Waals surface area (Å²) in [5.74, 6) is -1.94. The summed E-state index contributed by atoms with van der Waals surface area (Å²) in [6.07, 6.45) is 1.28. The molecule has 1 N–H and O–H groups in total. The molecule has 0 saturated heterocycles. The number of carboxylic acids is 1. The molecular weight excluding hydrogens is 244 g/mol. The van der Waals surface area contributed by atoms with Crippen molar-refractivity contribution in [3.8, 4) is 6.07 Å². The van der Waals surface area contributed by atoms with Crippen LogP contribution in [0.2, 0.25) is 0 Å². The Morgan fingerprint density at radius 2 is 1.95 bits per heavy atom. The molecule has 5 nitrogen and oxygen atoms in total. The predicted molar refractivity (Wildman–Crippen MR) is 70.8 cm³/mol. The maximum atomic E-state index is 12.1. The second-order valence-corrected chi connectivity index (χ2v) is 4.22. The molecule has 1 unspecified atom stereocenters. The Hall–Kier alpha value is -2.35. The van der Waals surface area contributed by atoms with Crippen LogP contribution in [0.5, 0.6) is 0 Å². The van der Waals surface area contributed by atoms with E-state index in [0.717, 1.165) is 6.42 Å². The molecule has 0 spiro atoms. The van der Waals surface area contributed by atoms with E-state index in [9.17, 15) is 9.59 Å². The number of amides is 1. The molecule has 0 aliphatic rings. The molecule has 0 aliphatic heterocycles. The van der Waals surface area contributed by atoms with Gasteiger partial charge in [0, 0.05) is 12.7 Å². The zero-order chi connectivity index (χ0) is 14.4. The third kappa shape index (κ3) is 3.55. The van der Waals surface area contributed by atoms with Crippen molar-refractivity contribution in [2.45, 2.75) is 19.8 Å². The number of carbonyl (C=O) groups is 2. The summed E-state index contributed by atoms with van der Waals surface area (Å²) in [6, 6.07) is 7.98. The second-order valence-electron chi connectivity index (χ2n) is 4.22. The van der Waals surface area contributed by atoms with Crippen molar-refractivity contribution >= 4 is 17.6 Å². The molecule has 1 aromatic rings.